The third-order valence-corrected chi connectivity index (χ3v) is 14.0. The van der Waals surface area contributed by atoms with Crippen LogP contribution in [0.15, 0.2) is 134 Å². The van der Waals surface area contributed by atoms with E-state index in [0.29, 0.717) is 39.1 Å². The van der Waals surface area contributed by atoms with Crippen LogP contribution in [0.2, 0.25) is 0 Å². The zero-order chi connectivity index (χ0) is 61.1. The standard InChI is InChI=1S/C75H124O9/c1-7-13-16-19-22-25-28-31-34-37-40-43-46-49-52-55-58-61-64-79-70(10-4)73(76)82-67-69(84-75(78)72(12-6)81-66-63-60-57-54-51-48-45-42-39-36-33-30-27-24-21-18-15-9-3)68-83-74(77)71(11-5)80-65-62-59-56-53-50-47-44-41-38-35-32-29-26-23-20-17-14-8-2/h13,15-16,18,22,24-25,27,31,33-34,36,40,42-43,45,49-54,69-72H,7-12,14,17,19-21,23,26,28-30,32,35,37-39,41,44,46-48,55-68H2,1-6H3/b16-13-,18-15-,25-22-,27-24-,34-31-,36-33-,43-40-,45-42-,52-49-,53-50-,54-51-. The van der Waals surface area contributed by atoms with Gasteiger partial charge in [0.25, 0.3) is 0 Å². The third kappa shape index (κ3) is 55.3. The molecule has 4 unspecified atom stereocenters. The molecule has 0 aromatic heterocycles. The summed E-state index contributed by atoms with van der Waals surface area (Å²) >= 11 is 0. The Bertz CT molecular complexity index is 1830. The van der Waals surface area contributed by atoms with Crippen molar-refractivity contribution in [2.75, 3.05) is 33.0 Å². The van der Waals surface area contributed by atoms with Gasteiger partial charge in [-0.25, -0.2) is 14.4 Å². The van der Waals surface area contributed by atoms with E-state index in [-0.39, 0.29) is 13.2 Å². The molecule has 0 aliphatic heterocycles. The second kappa shape index (κ2) is 66.0. The van der Waals surface area contributed by atoms with Gasteiger partial charge in [0.15, 0.2) is 24.4 Å². The Morgan fingerprint density at radius 3 is 0.833 bits per heavy atom. The van der Waals surface area contributed by atoms with Gasteiger partial charge in [0.05, 0.1) is 0 Å². The highest BCUT2D eigenvalue weighted by atomic mass is 16.6. The molecule has 478 valence electrons. The molecular weight excluding hydrogens is 1040 g/mol. The van der Waals surface area contributed by atoms with Gasteiger partial charge in [0, 0.05) is 19.8 Å². The van der Waals surface area contributed by atoms with Crippen molar-refractivity contribution in [3.8, 4) is 0 Å². The van der Waals surface area contributed by atoms with Gasteiger partial charge in [-0.3, -0.25) is 0 Å². The van der Waals surface area contributed by atoms with Gasteiger partial charge in [-0.1, -0.05) is 246 Å². The Labute approximate surface area is 515 Å². The quantitative estimate of drug-likeness (QED) is 0.0255. The van der Waals surface area contributed by atoms with Gasteiger partial charge >= 0.3 is 17.9 Å². The fourth-order valence-electron chi connectivity index (χ4n) is 8.80. The molecule has 0 saturated heterocycles. The lowest BCUT2D eigenvalue weighted by Gasteiger charge is -2.23. The SMILES string of the molecule is CC/C=C\C/C=C\C/C=C\C/C=C\C/C=C\CCCCOC(CC)C(=O)OCC(COC(=O)C(CC)OCCCC/C=C\CCCCCCCCCCCCCC)OC(=O)C(CC)OCCCC/C=C\C/C=C\C/C=C\C/C=C\C/C=C\CC. The second-order valence-electron chi connectivity index (χ2n) is 21.7. The van der Waals surface area contributed by atoms with E-state index in [4.69, 9.17) is 28.4 Å². The highest BCUT2D eigenvalue weighted by molar-refractivity contribution is 5.76. The molecule has 4 atom stereocenters. The largest absolute Gasteiger partial charge is 0.460 e. The summed E-state index contributed by atoms with van der Waals surface area (Å²) in [5.74, 6) is -1.68. The number of unbranched alkanes of at least 4 members (excludes halogenated alkanes) is 18. The number of esters is 3. The Kier molecular flexibility index (Phi) is 62.4. The topological polar surface area (TPSA) is 107 Å². The lowest BCUT2D eigenvalue weighted by atomic mass is 10.0. The Balaban J connectivity index is 5.05. The van der Waals surface area contributed by atoms with E-state index in [2.05, 4.69) is 154 Å². The molecule has 0 bridgehead atoms. The van der Waals surface area contributed by atoms with E-state index in [1.54, 1.807) is 0 Å². The summed E-state index contributed by atoms with van der Waals surface area (Å²) in [6, 6.07) is 0. The van der Waals surface area contributed by atoms with Gasteiger partial charge in [-0.05, 0) is 154 Å². The number of hydrogen-bond donors (Lipinski definition) is 0. The summed E-state index contributed by atoms with van der Waals surface area (Å²) in [5, 5.41) is 0. The highest BCUT2D eigenvalue weighted by Gasteiger charge is 2.28. The van der Waals surface area contributed by atoms with E-state index >= 15 is 0 Å². The molecular formula is C75H124O9. The molecule has 84 heavy (non-hydrogen) atoms. The average Bonchev–Trinajstić information content (AvgIpc) is 3.59. The molecule has 0 aromatic rings. The highest BCUT2D eigenvalue weighted by Crippen LogP contribution is 2.15. The number of carbonyl (C=O) groups is 3. The van der Waals surface area contributed by atoms with Crippen molar-refractivity contribution in [1.82, 2.24) is 0 Å². The van der Waals surface area contributed by atoms with Crippen LogP contribution in [0.3, 0.4) is 0 Å². The lowest BCUT2D eigenvalue weighted by Crippen LogP contribution is -2.38. The van der Waals surface area contributed by atoms with E-state index < -0.39 is 42.3 Å². The minimum Gasteiger partial charge on any atom is -0.460 e. The first kappa shape index (κ1) is 79.4. The van der Waals surface area contributed by atoms with Gasteiger partial charge in [0.2, 0.25) is 0 Å². The maximum absolute atomic E-state index is 13.5. The molecule has 0 spiro atoms. The monoisotopic (exact) mass is 1170 g/mol. The number of ether oxygens (including phenoxy) is 6. The number of allylic oxidation sites excluding steroid dienone is 22. The predicted molar refractivity (Wildman–Crippen MR) is 357 cm³/mol. The van der Waals surface area contributed by atoms with Crippen molar-refractivity contribution in [2.24, 2.45) is 0 Å². The van der Waals surface area contributed by atoms with Crippen molar-refractivity contribution in [2.45, 2.75) is 291 Å². The van der Waals surface area contributed by atoms with Gasteiger partial charge in [-0.2, -0.15) is 0 Å². The van der Waals surface area contributed by atoms with E-state index in [9.17, 15) is 14.4 Å². The first-order chi connectivity index (χ1) is 41.4. The van der Waals surface area contributed by atoms with Crippen LogP contribution in [-0.4, -0.2) is 75.4 Å². The van der Waals surface area contributed by atoms with Gasteiger partial charge in [0.1, 0.15) is 13.2 Å². The molecule has 0 amide bonds. The van der Waals surface area contributed by atoms with Crippen molar-refractivity contribution >= 4 is 17.9 Å². The second-order valence-corrected chi connectivity index (χ2v) is 21.7. The molecule has 0 radical (unpaired) electrons. The molecule has 0 N–H and O–H groups in total. The summed E-state index contributed by atoms with van der Waals surface area (Å²) in [4.78, 5) is 40.2. The smallest absolute Gasteiger partial charge is 0.335 e. The van der Waals surface area contributed by atoms with Crippen LogP contribution in [0, 0.1) is 0 Å². The molecule has 0 aliphatic carbocycles. The minimum absolute atomic E-state index is 0.293. The Morgan fingerprint density at radius 1 is 0.286 bits per heavy atom. The van der Waals surface area contributed by atoms with Gasteiger partial charge < -0.3 is 28.4 Å². The predicted octanol–water partition coefficient (Wildman–Crippen LogP) is 21.0. The zero-order valence-corrected chi connectivity index (χ0v) is 54.5. The van der Waals surface area contributed by atoms with Crippen LogP contribution >= 0.6 is 0 Å². The normalized spacial score (nSPS) is 14.1. The summed E-state index contributed by atoms with van der Waals surface area (Å²) in [6.07, 6.45) is 81.7. The summed E-state index contributed by atoms with van der Waals surface area (Å²) in [6.45, 7) is 12.9. The van der Waals surface area contributed by atoms with E-state index in [1.807, 2.05) is 20.8 Å². The maximum Gasteiger partial charge on any atom is 0.335 e. The molecule has 0 aromatic carbocycles. The maximum atomic E-state index is 13.5. The van der Waals surface area contributed by atoms with Crippen molar-refractivity contribution in [1.29, 1.82) is 0 Å². The summed E-state index contributed by atoms with van der Waals surface area (Å²) in [5.41, 5.74) is 0. The van der Waals surface area contributed by atoms with Crippen molar-refractivity contribution in [3.05, 3.63) is 134 Å². The van der Waals surface area contributed by atoms with E-state index in [0.717, 1.165) is 128 Å². The van der Waals surface area contributed by atoms with Crippen LogP contribution in [-0.2, 0) is 42.8 Å². The fourth-order valence-corrected chi connectivity index (χ4v) is 8.80. The Morgan fingerprint density at radius 2 is 0.536 bits per heavy atom. The first-order valence-electron chi connectivity index (χ1n) is 33.9. The van der Waals surface area contributed by atoms with E-state index in [1.165, 1.54) is 77.0 Å². The van der Waals surface area contributed by atoms with Crippen molar-refractivity contribution in [3.63, 3.8) is 0 Å². The number of carbonyl (C=O) groups excluding carboxylic acids is 3. The Hall–Kier alpha value is -4.57. The van der Waals surface area contributed by atoms with Crippen LogP contribution in [0.5, 0.6) is 0 Å². The fraction of sp³-hybridized carbons (Fsp3) is 0.667. The number of rotatable bonds is 60. The molecule has 0 aliphatic rings. The first-order valence-corrected chi connectivity index (χ1v) is 33.9. The molecule has 0 fully saturated rings. The van der Waals surface area contributed by atoms with Crippen LogP contribution in [0.25, 0.3) is 0 Å². The summed E-state index contributed by atoms with van der Waals surface area (Å²) < 4.78 is 35.3. The van der Waals surface area contributed by atoms with Crippen LogP contribution in [0.4, 0.5) is 0 Å². The van der Waals surface area contributed by atoms with Crippen LogP contribution < -0.4 is 0 Å². The average molecular weight is 1170 g/mol. The summed E-state index contributed by atoms with van der Waals surface area (Å²) in [7, 11) is 0. The third-order valence-electron chi connectivity index (χ3n) is 14.0. The molecule has 9 heteroatoms. The molecule has 9 nitrogen and oxygen atoms in total. The number of hydrogen-bond acceptors (Lipinski definition) is 9. The lowest BCUT2D eigenvalue weighted by molar-refractivity contribution is -0.181. The van der Waals surface area contributed by atoms with Gasteiger partial charge in [-0.15, -0.1) is 0 Å². The zero-order valence-electron chi connectivity index (χ0n) is 54.5. The molecule has 0 rings (SSSR count). The molecule has 0 saturated carbocycles. The molecule has 0 heterocycles. The van der Waals surface area contributed by atoms with Crippen LogP contribution in [0.1, 0.15) is 266 Å². The minimum atomic E-state index is -1.04. The van der Waals surface area contributed by atoms with Crippen molar-refractivity contribution < 1.29 is 42.8 Å².